The summed E-state index contributed by atoms with van der Waals surface area (Å²) in [6.07, 6.45) is 0.0672. The highest BCUT2D eigenvalue weighted by Crippen LogP contribution is 2.27. The number of carboxylic acids is 1. The molecule has 2 N–H and O–H groups in total. The molecule has 1 aromatic rings. The Hall–Kier alpha value is -1.75. The Morgan fingerprint density at radius 2 is 2.17 bits per heavy atom. The predicted octanol–water partition coefficient (Wildman–Crippen LogP) is 1.48. The quantitative estimate of drug-likeness (QED) is 0.851. The molecule has 0 aliphatic rings. The SMILES string of the molecule is COc1cccc(Cl)c1CC(NC(C)=O)C(=O)O. The van der Waals surface area contributed by atoms with Crippen LogP contribution in [0.5, 0.6) is 5.75 Å². The van der Waals surface area contributed by atoms with Gasteiger partial charge in [-0.05, 0) is 12.1 Å². The Morgan fingerprint density at radius 3 is 2.67 bits per heavy atom. The largest absolute Gasteiger partial charge is 0.496 e. The van der Waals surface area contributed by atoms with Gasteiger partial charge < -0.3 is 15.2 Å². The minimum absolute atomic E-state index is 0.0672. The molecule has 1 unspecified atom stereocenters. The van der Waals surface area contributed by atoms with Gasteiger partial charge in [0.1, 0.15) is 11.8 Å². The van der Waals surface area contributed by atoms with Crippen LogP contribution < -0.4 is 10.1 Å². The first-order valence-corrected chi connectivity index (χ1v) is 5.64. The van der Waals surface area contributed by atoms with E-state index in [4.69, 9.17) is 21.4 Å². The number of methoxy groups -OCH3 is 1. The maximum absolute atomic E-state index is 11.1. The second-order valence-electron chi connectivity index (χ2n) is 3.72. The van der Waals surface area contributed by atoms with Crippen molar-refractivity contribution in [3.05, 3.63) is 28.8 Å². The van der Waals surface area contributed by atoms with Crippen LogP contribution >= 0.6 is 11.6 Å². The lowest BCUT2D eigenvalue weighted by Gasteiger charge is -2.16. The van der Waals surface area contributed by atoms with Crippen LogP contribution in [0.3, 0.4) is 0 Å². The Bertz CT molecular complexity index is 461. The third-order valence-electron chi connectivity index (χ3n) is 2.38. The number of carboxylic acid groups (broad SMARTS) is 1. The van der Waals surface area contributed by atoms with Gasteiger partial charge in [-0.15, -0.1) is 0 Å². The number of aliphatic carboxylic acids is 1. The summed E-state index contributed by atoms with van der Waals surface area (Å²) < 4.78 is 5.12. The molecule has 6 heteroatoms. The van der Waals surface area contributed by atoms with E-state index in [1.165, 1.54) is 14.0 Å². The minimum atomic E-state index is -1.12. The average molecular weight is 272 g/mol. The number of amides is 1. The molecule has 18 heavy (non-hydrogen) atoms. The standard InChI is InChI=1S/C12H14ClNO4/c1-7(15)14-10(12(16)17)6-8-9(13)4-3-5-11(8)18-2/h3-5,10H,6H2,1-2H3,(H,14,15)(H,16,17). The summed E-state index contributed by atoms with van der Waals surface area (Å²) in [5.74, 6) is -1.03. The summed E-state index contributed by atoms with van der Waals surface area (Å²) in [5, 5.41) is 11.8. The Balaban J connectivity index is 3.00. The molecule has 0 aliphatic carbocycles. The molecule has 0 heterocycles. The van der Waals surface area contributed by atoms with Gasteiger partial charge in [-0.1, -0.05) is 17.7 Å². The molecule has 0 bridgehead atoms. The van der Waals surface area contributed by atoms with Crippen molar-refractivity contribution >= 4 is 23.5 Å². The van der Waals surface area contributed by atoms with Gasteiger partial charge in [0.25, 0.3) is 0 Å². The summed E-state index contributed by atoms with van der Waals surface area (Å²) in [5.41, 5.74) is 0.558. The molecule has 0 saturated heterocycles. The molecule has 0 radical (unpaired) electrons. The van der Waals surface area contributed by atoms with Crippen molar-refractivity contribution in [2.75, 3.05) is 7.11 Å². The van der Waals surface area contributed by atoms with Crippen molar-refractivity contribution in [2.45, 2.75) is 19.4 Å². The number of hydrogen-bond donors (Lipinski definition) is 2. The molecule has 0 aliphatic heterocycles. The zero-order valence-electron chi connectivity index (χ0n) is 10.1. The second-order valence-corrected chi connectivity index (χ2v) is 4.12. The number of hydrogen-bond acceptors (Lipinski definition) is 3. The summed E-state index contributed by atoms with van der Waals surface area (Å²) >= 11 is 6.01. The molecule has 1 rings (SSSR count). The van der Waals surface area contributed by atoms with Gasteiger partial charge in [0.2, 0.25) is 5.91 Å². The highest BCUT2D eigenvalue weighted by atomic mass is 35.5. The molecule has 5 nitrogen and oxygen atoms in total. The summed E-state index contributed by atoms with van der Waals surface area (Å²) in [6, 6.07) is 4.01. The molecule has 0 spiro atoms. The Morgan fingerprint density at radius 1 is 1.50 bits per heavy atom. The molecule has 0 fully saturated rings. The van der Waals surface area contributed by atoms with Gasteiger partial charge in [-0.2, -0.15) is 0 Å². The van der Waals surface area contributed by atoms with Crippen LogP contribution in [0, 0.1) is 0 Å². The van der Waals surface area contributed by atoms with E-state index in [9.17, 15) is 9.59 Å². The van der Waals surface area contributed by atoms with Crippen molar-refractivity contribution in [1.29, 1.82) is 0 Å². The van der Waals surface area contributed by atoms with Crippen molar-refractivity contribution in [2.24, 2.45) is 0 Å². The molecule has 98 valence electrons. The van der Waals surface area contributed by atoms with E-state index < -0.39 is 17.9 Å². The van der Waals surface area contributed by atoms with Crippen molar-refractivity contribution in [3.63, 3.8) is 0 Å². The van der Waals surface area contributed by atoms with Crippen LogP contribution in [-0.4, -0.2) is 30.1 Å². The predicted molar refractivity (Wildman–Crippen MR) is 66.9 cm³/mol. The van der Waals surface area contributed by atoms with E-state index in [1.54, 1.807) is 18.2 Å². The molecule has 1 atom stereocenters. The summed E-state index contributed by atoms with van der Waals surface area (Å²) in [4.78, 5) is 22.0. The van der Waals surface area contributed by atoms with Crippen LogP contribution in [-0.2, 0) is 16.0 Å². The molecular weight excluding hydrogens is 258 g/mol. The van der Waals surface area contributed by atoms with Crippen LogP contribution in [0.4, 0.5) is 0 Å². The monoisotopic (exact) mass is 271 g/mol. The van der Waals surface area contributed by atoms with Gasteiger partial charge in [0.05, 0.1) is 7.11 Å². The lowest BCUT2D eigenvalue weighted by atomic mass is 10.0. The number of ether oxygens (including phenoxy) is 1. The number of benzene rings is 1. The first kappa shape index (κ1) is 14.3. The van der Waals surface area contributed by atoms with Gasteiger partial charge in [-0.3, -0.25) is 4.79 Å². The topological polar surface area (TPSA) is 75.6 Å². The molecule has 0 saturated carbocycles. The zero-order chi connectivity index (χ0) is 13.7. The van der Waals surface area contributed by atoms with E-state index in [0.717, 1.165) is 0 Å². The number of carbonyl (C=O) groups is 2. The fourth-order valence-corrected chi connectivity index (χ4v) is 1.82. The first-order chi connectivity index (χ1) is 8.45. The summed E-state index contributed by atoms with van der Waals surface area (Å²) in [6.45, 7) is 1.26. The third-order valence-corrected chi connectivity index (χ3v) is 2.73. The normalized spacial score (nSPS) is 11.7. The van der Waals surface area contributed by atoms with Gasteiger partial charge in [0.15, 0.2) is 0 Å². The molecular formula is C12H14ClNO4. The fourth-order valence-electron chi connectivity index (χ4n) is 1.58. The number of nitrogens with one attached hydrogen (secondary N) is 1. The van der Waals surface area contributed by atoms with Crippen molar-refractivity contribution in [3.8, 4) is 5.75 Å². The highest BCUT2D eigenvalue weighted by molar-refractivity contribution is 6.31. The van der Waals surface area contributed by atoms with Gasteiger partial charge in [-0.25, -0.2) is 4.79 Å². The van der Waals surface area contributed by atoms with E-state index >= 15 is 0 Å². The lowest BCUT2D eigenvalue weighted by molar-refractivity contribution is -0.141. The second kappa shape index (κ2) is 6.26. The molecule has 0 aromatic heterocycles. The van der Waals surface area contributed by atoms with Gasteiger partial charge in [0, 0.05) is 23.9 Å². The first-order valence-electron chi connectivity index (χ1n) is 5.27. The fraction of sp³-hybridized carbons (Fsp3) is 0.333. The Kier molecular flexibility index (Phi) is 4.97. The van der Waals surface area contributed by atoms with Gasteiger partial charge >= 0.3 is 5.97 Å². The third kappa shape index (κ3) is 3.63. The Labute approximate surface area is 110 Å². The van der Waals surface area contributed by atoms with Crippen LogP contribution in [0.15, 0.2) is 18.2 Å². The average Bonchev–Trinajstić information content (AvgIpc) is 2.29. The van der Waals surface area contributed by atoms with E-state index in [-0.39, 0.29) is 6.42 Å². The van der Waals surface area contributed by atoms with Crippen LogP contribution in [0.1, 0.15) is 12.5 Å². The maximum atomic E-state index is 11.1. The smallest absolute Gasteiger partial charge is 0.326 e. The van der Waals surface area contributed by atoms with Crippen LogP contribution in [0.25, 0.3) is 0 Å². The zero-order valence-corrected chi connectivity index (χ0v) is 10.8. The number of halogens is 1. The highest BCUT2D eigenvalue weighted by Gasteiger charge is 2.22. The number of rotatable bonds is 5. The minimum Gasteiger partial charge on any atom is -0.496 e. The van der Waals surface area contributed by atoms with E-state index in [0.29, 0.717) is 16.3 Å². The number of carbonyl (C=O) groups excluding carboxylic acids is 1. The molecule has 1 amide bonds. The molecule has 1 aromatic carbocycles. The lowest BCUT2D eigenvalue weighted by Crippen LogP contribution is -2.41. The maximum Gasteiger partial charge on any atom is 0.326 e. The van der Waals surface area contributed by atoms with Crippen LogP contribution in [0.2, 0.25) is 5.02 Å². The van der Waals surface area contributed by atoms with E-state index in [2.05, 4.69) is 5.32 Å². The van der Waals surface area contributed by atoms with Crippen molar-refractivity contribution < 1.29 is 19.4 Å². The van der Waals surface area contributed by atoms with Crippen molar-refractivity contribution in [1.82, 2.24) is 5.32 Å². The summed E-state index contributed by atoms with van der Waals surface area (Å²) in [7, 11) is 1.48. The van der Waals surface area contributed by atoms with E-state index in [1.807, 2.05) is 0 Å².